The van der Waals surface area contributed by atoms with E-state index in [9.17, 15) is 0 Å². The number of halogens is 1. The summed E-state index contributed by atoms with van der Waals surface area (Å²) in [6.45, 7) is 4.52. The molecule has 0 aliphatic heterocycles. The van der Waals surface area contributed by atoms with Crippen LogP contribution in [0.25, 0.3) is 0 Å². The Labute approximate surface area is 162 Å². The van der Waals surface area contributed by atoms with Gasteiger partial charge in [-0.2, -0.15) is 11.8 Å². The molecule has 132 valence electrons. The van der Waals surface area contributed by atoms with Gasteiger partial charge in [0, 0.05) is 20.1 Å². The zero-order valence-corrected chi connectivity index (χ0v) is 17.6. The molecule has 0 heterocycles. The smallest absolute Gasteiger partial charge is 0.190 e. The Morgan fingerprint density at radius 3 is 2.61 bits per heavy atom. The Hall–Kier alpha value is -0.630. The summed E-state index contributed by atoms with van der Waals surface area (Å²) in [6.07, 6.45) is 5.49. The van der Waals surface area contributed by atoms with E-state index >= 15 is 0 Å². The predicted octanol–water partition coefficient (Wildman–Crippen LogP) is 3.55. The third-order valence-corrected chi connectivity index (χ3v) is 3.95. The Morgan fingerprint density at radius 2 is 1.91 bits per heavy atom. The maximum Gasteiger partial charge on any atom is 0.190 e. The number of hydrogen-bond donors (Lipinski definition) is 2. The lowest BCUT2D eigenvalue weighted by Crippen LogP contribution is -2.38. The topological polar surface area (TPSA) is 45.6 Å². The van der Waals surface area contributed by atoms with Crippen LogP contribution in [0.5, 0.6) is 5.75 Å². The van der Waals surface area contributed by atoms with Crippen molar-refractivity contribution in [1.29, 1.82) is 0 Å². The van der Waals surface area contributed by atoms with Crippen LogP contribution < -0.4 is 15.4 Å². The van der Waals surface area contributed by atoms with Crippen molar-refractivity contribution in [2.75, 3.05) is 38.8 Å². The van der Waals surface area contributed by atoms with E-state index in [1.165, 1.54) is 24.2 Å². The molecule has 0 amide bonds. The van der Waals surface area contributed by atoms with Crippen LogP contribution in [-0.4, -0.2) is 44.7 Å². The Bertz CT molecular complexity index is 444. The zero-order chi connectivity index (χ0) is 16.0. The number of guanidine groups is 1. The number of hydrogen-bond acceptors (Lipinski definition) is 3. The highest BCUT2D eigenvalue weighted by molar-refractivity contribution is 14.0. The highest BCUT2D eigenvalue weighted by Crippen LogP contribution is 2.17. The largest absolute Gasteiger partial charge is 0.494 e. The number of aliphatic imine (C=N–C) groups is 1. The van der Waals surface area contributed by atoms with Gasteiger partial charge in [0.2, 0.25) is 0 Å². The number of thioether (sulfide) groups is 1. The summed E-state index contributed by atoms with van der Waals surface area (Å²) < 4.78 is 5.65. The van der Waals surface area contributed by atoms with E-state index in [0.717, 1.165) is 31.2 Å². The van der Waals surface area contributed by atoms with Gasteiger partial charge in [-0.05, 0) is 49.8 Å². The lowest BCUT2D eigenvalue weighted by molar-refractivity contribution is 0.336. The van der Waals surface area contributed by atoms with E-state index in [1.54, 1.807) is 0 Å². The van der Waals surface area contributed by atoms with Crippen molar-refractivity contribution in [3.63, 3.8) is 0 Å². The second-order valence-corrected chi connectivity index (χ2v) is 5.90. The maximum atomic E-state index is 5.65. The van der Waals surface area contributed by atoms with Crippen molar-refractivity contribution in [3.8, 4) is 5.75 Å². The number of nitrogens with zero attached hydrogens (tertiary/aromatic N) is 1. The fourth-order valence-corrected chi connectivity index (χ4v) is 2.61. The van der Waals surface area contributed by atoms with Gasteiger partial charge in [-0.3, -0.25) is 4.99 Å². The Balaban J connectivity index is 0.00000484. The SMILES string of the molecule is CCOc1ccccc1CCNC(=NC)NCCCCSC.I. The van der Waals surface area contributed by atoms with Gasteiger partial charge in [-0.25, -0.2) is 0 Å². The summed E-state index contributed by atoms with van der Waals surface area (Å²) in [6, 6.07) is 8.20. The summed E-state index contributed by atoms with van der Waals surface area (Å²) in [5.74, 6) is 3.08. The molecule has 0 saturated heterocycles. The van der Waals surface area contributed by atoms with Crippen LogP contribution in [0.3, 0.4) is 0 Å². The van der Waals surface area contributed by atoms with Gasteiger partial charge in [0.1, 0.15) is 5.75 Å². The molecule has 0 radical (unpaired) electrons. The molecule has 4 nitrogen and oxygen atoms in total. The van der Waals surface area contributed by atoms with E-state index in [4.69, 9.17) is 4.74 Å². The minimum Gasteiger partial charge on any atom is -0.494 e. The molecule has 6 heteroatoms. The Kier molecular flexibility index (Phi) is 14.5. The minimum absolute atomic E-state index is 0. The molecule has 1 aromatic carbocycles. The van der Waals surface area contributed by atoms with Crippen LogP contribution in [0.15, 0.2) is 29.3 Å². The van der Waals surface area contributed by atoms with Crippen LogP contribution in [0.1, 0.15) is 25.3 Å². The minimum atomic E-state index is 0. The van der Waals surface area contributed by atoms with E-state index < -0.39 is 0 Å². The summed E-state index contributed by atoms with van der Waals surface area (Å²) >= 11 is 1.90. The van der Waals surface area contributed by atoms with Gasteiger partial charge in [0.05, 0.1) is 6.61 Å². The molecular weight excluding hydrogens is 421 g/mol. The van der Waals surface area contributed by atoms with Crippen LogP contribution in [0.4, 0.5) is 0 Å². The summed E-state index contributed by atoms with van der Waals surface area (Å²) in [7, 11) is 1.81. The van der Waals surface area contributed by atoms with Crippen molar-refractivity contribution in [1.82, 2.24) is 10.6 Å². The van der Waals surface area contributed by atoms with Crippen LogP contribution in [0.2, 0.25) is 0 Å². The van der Waals surface area contributed by atoms with E-state index in [0.29, 0.717) is 6.61 Å². The van der Waals surface area contributed by atoms with Gasteiger partial charge >= 0.3 is 0 Å². The molecular formula is C17H30IN3OS. The molecule has 0 unspecified atom stereocenters. The fraction of sp³-hybridized carbons (Fsp3) is 0.588. The van der Waals surface area contributed by atoms with Crippen molar-refractivity contribution in [2.45, 2.75) is 26.2 Å². The first kappa shape index (κ1) is 22.4. The van der Waals surface area contributed by atoms with Gasteiger partial charge in [0.25, 0.3) is 0 Å². The van der Waals surface area contributed by atoms with Crippen molar-refractivity contribution < 1.29 is 4.74 Å². The number of unbranched alkanes of at least 4 members (excludes halogenated alkanes) is 1. The highest BCUT2D eigenvalue weighted by Gasteiger charge is 2.03. The monoisotopic (exact) mass is 451 g/mol. The molecule has 0 aromatic heterocycles. The van der Waals surface area contributed by atoms with Crippen LogP contribution >= 0.6 is 35.7 Å². The molecule has 0 fully saturated rings. The fourth-order valence-electron chi connectivity index (χ4n) is 2.12. The molecule has 1 rings (SSSR count). The van der Waals surface area contributed by atoms with Crippen molar-refractivity contribution in [2.24, 2.45) is 4.99 Å². The van der Waals surface area contributed by atoms with E-state index in [2.05, 4.69) is 34.0 Å². The number of nitrogens with one attached hydrogen (secondary N) is 2. The average Bonchev–Trinajstić information content (AvgIpc) is 2.54. The number of para-hydroxylation sites is 1. The molecule has 1 aromatic rings. The normalized spacial score (nSPS) is 10.8. The van der Waals surface area contributed by atoms with E-state index in [-0.39, 0.29) is 24.0 Å². The quantitative estimate of drug-likeness (QED) is 0.247. The second-order valence-electron chi connectivity index (χ2n) is 4.92. The average molecular weight is 451 g/mol. The van der Waals surface area contributed by atoms with Crippen LogP contribution in [0, 0.1) is 0 Å². The summed E-state index contributed by atoms with van der Waals surface area (Å²) in [5, 5.41) is 6.71. The molecule has 0 aliphatic carbocycles. The van der Waals surface area contributed by atoms with Gasteiger partial charge < -0.3 is 15.4 Å². The van der Waals surface area contributed by atoms with Crippen molar-refractivity contribution in [3.05, 3.63) is 29.8 Å². The van der Waals surface area contributed by atoms with Crippen molar-refractivity contribution >= 4 is 41.7 Å². The molecule has 0 bridgehead atoms. The predicted molar refractivity (Wildman–Crippen MR) is 114 cm³/mol. The molecule has 0 saturated carbocycles. The lowest BCUT2D eigenvalue weighted by atomic mass is 10.1. The molecule has 0 atom stereocenters. The molecule has 0 aliphatic rings. The standard InChI is InChI=1S/C17H29N3OS.HI/c1-4-21-16-10-6-5-9-15(16)11-13-20-17(18-2)19-12-7-8-14-22-3;/h5-6,9-10H,4,7-8,11-14H2,1-3H3,(H2,18,19,20);1H. The van der Waals surface area contributed by atoms with Gasteiger partial charge in [-0.1, -0.05) is 18.2 Å². The zero-order valence-electron chi connectivity index (χ0n) is 14.4. The van der Waals surface area contributed by atoms with Crippen LogP contribution in [-0.2, 0) is 6.42 Å². The summed E-state index contributed by atoms with van der Waals surface area (Å²) in [5.41, 5.74) is 1.23. The first-order chi connectivity index (χ1) is 10.8. The highest BCUT2D eigenvalue weighted by atomic mass is 127. The van der Waals surface area contributed by atoms with E-state index in [1.807, 2.05) is 37.9 Å². The summed E-state index contributed by atoms with van der Waals surface area (Å²) in [4.78, 5) is 4.25. The van der Waals surface area contributed by atoms with Gasteiger partial charge in [0.15, 0.2) is 5.96 Å². The molecule has 0 spiro atoms. The first-order valence-corrected chi connectivity index (χ1v) is 9.35. The molecule has 23 heavy (non-hydrogen) atoms. The number of benzene rings is 1. The molecule has 2 N–H and O–H groups in total. The number of rotatable bonds is 10. The first-order valence-electron chi connectivity index (χ1n) is 7.96. The van der Waals surface area contributed by atoms with Gasteiger partial charge in [-0.15, -0.1) is 24.0 Å². The second kappa shape index (κ2) is 14.9. The Morgan fingerprint density at radius 1 is 1.17 bits per heavy atom. The number of ether oxygens (including phenoxy) is 1. The maximum absolute atomic E-state index is 5.65. The third kappa shape index (κ3) is 9.96. The third-order valence-electron chi connectivity index (χ3n) is 3.25. The lowest BCUT2D eigenvalue weighted by Gasteiger charge is -2.13.